The zero-order valence-corrected chi connectivity index (χ0v) is 19.2. The van der Waals surface area contributed by atoms with Gasteiger partial charge in [0.05, 0.1) is 0 Å². The van der Waals surface area contributed by atoms with E-state index in [2.05, 4.69) is 28.8 Å². The van der Waals surface area contributed by atoms with Gasteiger partial charge >= 0.3 is 0 Å². The van der Waals surface area contributed by atoms with Crippen molar-refractivity contribution in [1.29, 1.82) is 0 Å². The molecule has 6 heteroatoms. The average Bonchev–Trinajstić information content (AvgIpc) is 2.82. The molecule has 170 valence electrons. The lowest BCUT2D eigenvalue weighted by Crippen LogP contribution is -2.54. The second-order valence-electron chi connectivity index (χ2n) is 9.31. The van der Waals surface area contributed by atoms with Crippen LogP contribution in [0, 0.1) is 0 Å². The number of hydrogen-bond donors (Lipinski definition) is 1. The van der Waals surface area contributed by atoms with E-state index >= 15 is 0 Å². The fourth-order valence-electron chi connectivity index (χ4n) is 5.02. The third-order valence-electron chi connectivity index (χ3n) is 6.97. The second kappa shape index (κ2) is 9.84. The lowest BCUT2D eigenvalue weighted by atomic mass is 9.94. The maximum atomic E-state index is 14.0. The van der Waals surface area contributed by atoms with Crippen LogP contribution in [0.25, 0.3) is 11.1 Å². The largest absolute Gasteiger partial charge is 0.366 e. The Balaban J connectivity index is 1.70. The summed E-state index contributed by atoms with van der Waals surface area (Å²) in [5, 5.41) is 0. The van der Waals surface area contributed by atoms with E-state index in [9.17, 15) is 9.59 Å². The van der Waals surface area contributed by atoms with Crippen LogP contribution >= 0.6 is 0 Å². The van der Waals surface area contributed by atoms with Crippen molar-refractivity contribution in [2.45, 2.75) is 37.8 Å². The second-order valence-corrected chi connectivity index (χ2v) is 9.31. The third-order valence-corrected chi connectivity index (χ3v) is 6.97. The van der Waals surface area contributed by atoms with Gasteiger partial charge in [-0.1, -0.05) is 30.3 Å². The van der Waals surface area contributed by atoms with Gasteiger partial charge in [-0.2, -0.15) is 0 Å². The van der Waals surface area contributed by atoms with Crippen LogP contribution in [0.3, 0.4) is 0 Å². The normalized spacial score (nSPS) is 19.1. The Kier molecular flexibility index (Phi) is 6.92. The number of primary amides is 1. The van der Waals surface area contributed by atoms with Crippen LogP contribution in [-0.4, -0.2) is 78.9 Å². The summed E-state index contributed by atoms with van der Waals surface area (Å²) in [6, 6.07) is 15.7. The number of carbonyl (C=O) groups is 2. The number of nitrogens with zero attached hydrogens (tertiary/aromatic N) is 3. The van der Waals surface area contributed by atoms with E-state index in [0.717, 1.165) is 63.0 Å². The van der Waals surface area contributed by atoms with E-state index < -0.39 is 5.91 Å². The Morgan fingerprint density at radius 3 is 1.78 bits per heavy atom. The van der Waals surface area contributed by atoms with E-state index in [1.807, 2.05) is 36.4 Å². The van der Waals surface area contributed by atoms with Gasteiger partial charge in [0.25, 0.3) is 5.91 Å². The molecule has 6 nitrogen and oxygen atoms in total. The van der Waals surface area contributed by atoms with Crippen molar-refractivity contribution in [2.24, 2.45) is 5.73 Å². The predicted octanol–water partition coefficient (Wildman–Crippen LogP) is 3.08. The van der Waals surface area contributed by atoms with Gasteiger partial charge in [0, 0.05) is 23.2 Å². The molecule has 2 aromatic rings. The number of amides is 2. The van der Waals surface area contributed by atoms with E-state index in [1.165, 1.54) is 0 Å². The number of hydrogen-bond acceptors (Lipinski definition) is 4. The minimum absolute atomic E-state index is 0.0226. The molecule has 0 unspecified atom stereocenters. The quantitative estimate of drug-likeness (QED) is 0.785. The summed E-state index contributed by atoms with van der Waals surface area (Å²) in [4.78, 5) is 32.9. The molecule has 2 aliphatic heterocycles. The van der Waals surface area contributed by atoms with E-state index in [4.69, 9.17) is 5.73 Å². The van der Waals surface area contributed by atoms with Crippen LogP contribution in [0.5, 0.6) is 0 Å². The molecular weight excluding hydrogens is 400 g/mol. The Hall–Kier alpha value is -2.70. The minimum atomic E-state index is -0.512. The molecule has 0 saturated carbocycles. The van der Waals surface area contributed by atoms with Crippen molar-refractivity contribution < 1.29 is 9.59 Å². The van der Waals surface area contributed by atoms with Crippen molar-refractivity contribution in [1.82, 2.24) is 14.7 Å². The van der Waals surface area contributed by atoms with Crippen LogP contribution in [0.2, 0.25) is 0 Å². The van der Waals surface area contributed by atoms with Crippen LogP contribution in [0.15, 0.2) is 48.5 Å². The summed E-state index contributed by atoms with van der Waals surface area (Å²) in [7, 11) is 4.28. The third kappa shape index (κ3) is 5.03. The lowest BCUT2D eigenvalue weighted by molar-refractivity contribution is 0.0340. The SMILES string of the molecule is CN1CCC(N(C(=O)c2cc(C(N)=O)cc(-c3ccccc3)c2)C2CCN(C)CC2)CC1. The molecule has 4 rings (SSSR count). The number of likely N-dealkylation sites (tertiary alicyclic amines) is 2. The highest BCUT2D eigenvalue weighted by molar-refractivity contribution is 6.01. The van der Waals surface area contributed by atoms with Crippen LogP contribution in [-0.2, 0) is 0 Å². The van der Waals surface area contributed by atoms with Crippen molar-refractivity contribution in [3.05, 3.63) is 59.7 Å². The molecule has 32 heavy (non-hydrogen) atoms. The Morgan fingerprint density at radius 2 is 1.28 bits per heavy atom. The Bertz CT molecular complexity index is 924. The molecule has 2 amide bonds. The van der Waals surface area contributed by atoms with Gasteiger partial charge in [-0.25, -0.2) is 0 Å². The molecule has 0 bridgehead atoms. The summed E-state index contributed by atoms with van der Waals surface area (Å²) < 4.78 is 0. The number of piperidine rings is 2. The number of nitrogens with two attached hydrogens (primary N) is 1. The van der Waals surface area contributed by atoms with Crippen molar-refractivity contribution in [3.63, 3.8) is 0 Å². The highest BCUT2D eigenvalue weighted by atomic mass is 16.2. The molecular formula is C26H34N4O2. The summed E-state index contributed by atoms with van der Waals surface area (Å²) in [6.07, 6.45) is 3.93. The first-order valence-electron chi connectivity index (χ1n) is 11.6. The maximum Gasteiger partial charge on any atom is 0.254 e. The smallest absolute Gasteiger partial charge is 0.254 e. The molecule has 0 spiro atoms. The topological polar surface area (TPSA) is 69.9 Å². The Morgan fingerprint density at radius 1 is 0.781 bits per heavy atom. The highest BCUT2D eigenvalue weighted by Crippen LogP contribution is 2.28. The average molecular weight is 435 g/mol. The van der Waals surface area contributed by atoms with Crippen molar-refractivity contribution >= 4 is 11.8 Å². The van der Waals surface area contributed by atoms with Crippen LogP contribution in [0.4, 0.5) is 0 Å². The number of benzene rings is 2. The Labute approximate surface area is 191 Å². The maximum absolute atomic E-state index is 14.0. The predicted molar refractivity (Wildman–Crippen MR) is 128 cm³/mol. The molecule has 2 N–H and O–H groups in total. The van der Waals surface area contributed by atoms with E-state index in [1.54, 1.807) is 12.1 Å². The number of carbonyl (C=O) groups excluding carboxylic acids is 2. The van der Waals surface area contributed by atoms with Gasteiger partial charge in [-0.15, -0.1) is 0 Å². The van der Waals surface area contributed by atoms with Gasteiger partial charge in [-0.3, -0.25) is 9.59 Å². The molecule has 0 aromatic heterocycles. The summed E-state index contributed by atoms with van der Waals surface area (Å²) in [5.41, 5.74) is 8.39. The van der Waals surface area contributed by atoms with Gasteiger partial charge in [-0.05, 0) is 95.3 Å². The zero-order valence-electron chi connectivity index (χ0n) is 19.2. The van der Waals surface area contributed by atoms with E-state index in [-0.39, 0.29) is 18.0 Å². The van der Waals surface area contributed by atoms with Gasteiger partial charge < -0.3 is 20.4 Å². The van der Waals surface area contributed by atoms with Crippen molar-refractivity contribution in [2.75, 3.05) is 40.3 Å². The first kappa shape index (κ1) is 22.5. The van der Waals surface area contributed by atoms with Crippen molar-refractivity contribution in [3.8, 4) is 11.1 Å². The molecule has 2 aromatic carbocycles. The van der Waals surface area contributed by atoms with Gasteiger partial charge in [0.2, 0.25) is 5.91 Å². The standard InChI is InChI=1S/C26H34N4O2/c1-28-12-8-23(9-13-28)30(24-10-14-29(2)15-11-24)26(32)22-17-20(16-21(18-22)25(27)31)19-6-4-3-5-7-19/h3-7,16-18,23-24H,8-15H2,1-2H3,(H2,27,31). The van der Waals surface area contributed by atoms with E-state index in [0.29, 0.717) is 11.1 Å². The molecule has 0 aliphatic carbocycles. The molecule has 0 radical (unpaired) electrons. The summed E-state index contributed by atoms with van der Waals surface area (Å²) in [5.74, 6) is -0.489. The fourth-order valence-corrected chi connectivity index (χ4v) is 5.02. The lowest BCUT2D eigenvalue weighted by Gasteiger charge is -2.44. The fraction of sp³-hybridized carbons (Fsp3) is 0.462. The monoisotopic (exact) mass is 434 g/mol. The van der Waals surface area contributed by atoms with Gasteiger partial charge in [0.15, 0.2) is 0 Å². The minimum Gasteiger partial charge on any atom is -0.366 e. The molecule has 2 aliphatic rings. The van der Waals surface area contributed by atoms with Crippen LogP contribution < -0.4 is 5.73 Å². The molecule has 2 fully saturated rings. The molecule has 2 saturated heterocycles. The summed E-state index contributed by atoms with van der Waals surface area (Å²) in [6.45, 7) is 3.99. The summed E-state index contributed by atoms with van der Waals surface area (Å²) >= 11 is 0. The van der Waals surface area contributed by atoms with Gasteiger partial charge in [0.1, 0.15) is 0 Å². The highest BCUT2D eigenvalue weighted by Gasteiger charge is 2.35. The first-order chi connectivity index (χ1) is 15.4. The molecule has 0 atom stereocenters. The first-order valence-corrected chi connectivity index (χ1v) is 11.6. The molecule has 2 heterocycles. The van der Waals surface area contributed by atoms with Crippen LogP contribution in [0.1, 0.15) is 46.4 Å². The zero-order chi connectivity index (χ0) is 22.7. The number of rotatable bonds is 5.